The van der Waals surface area contributed by atoms with Crippen LogP contribution < -0.4 is 10.6 Å². The van der Waals surface area contributed by atoms with Crippen LogP contribution in [-0.2, 0) is 16.1 Å². The molecule has 0 saturated heterocycles. The molecule has 2 amide bonds. The Bertz CT molecular complexity index is 869. The third-order valence-corrected chi connectivity index (χ3v) is 4.68. The number of nitrogens with one attached hydrogen (secondary N) is 2. The molecular weight excluding hydrogens is 328 g/mol. The van der Waals surface area contributed by atoms with E-state index in [2.05, 4.69) is 10.6 Å². The van der Waals surface area contributed by atoms with Crippen molar-refractivity contribution in [3.8, 4) is 0 Å². The van der Waals surface area contributed by atoms with Gasteiger partial charge in [0.2, 0.25) is 11.8 Å². The summed E-state index contributed by atoms with van der Waals surface area (Å²) in [7, 11) is 0. The van der Waals surface area contributed by atoms with E-state index in [1.54, 1.807) is 24.3 Å². The first-order chi connectivity index (χ1) is 12.4. The number of carbonyl (C=O) groups excluding carboxylic acids is 3. The van der Waals surface area contributed by atoms with Gasteiger partial charge in [0.1, 0.15) is 5.41 Å². The lowest BCUT2D eigenvalue weighted by Crippen LogP contribution is -2.39. The summed E-state index contributed by atoms with van der Waals surface area (Å²) in [6.45, 7) is 3.87. The summed E-state index contributed by atoms with van der Waals surface area (Å²) in [5.41, 5.74) is 2.18. The van der Waals surface area contributed by atoms with Gasteiger partial charge in [0.25, 0.3) is 0 Å². The fraction of sp³-hybridized carbons (Fsp3) is 0.286. The van der Waals surface area contributed by atoms with Crippen molar-refractivity contribution in [1.29, 1.82) is 0 Å². The molecule has 0 radical (unpaired) electrons. The highest BCUT2D eigenvalue weighted by Crippen LogP contribution is 2.46. The highest BCUT2D eigenvalue weighted by atomic mass is 16.2. The molecule has 1 aliphatic carbocycles. The largest absolute Gasteiger partial charge is 0.351 e. The molecular formula is C21H22N2O3. The maximum Gasteiger partial charge on any atom is 0.240 e. The van der Waals surface area contributed by atoms with Gasteiger partial charge in [-0.05, 0) is 44.4 Å². The standard InChI is InChI=1S/C21H22N2O3/c1-14-5-3-6-16(11-14)13-22-19(25)21(9-10-21)20(26)23-18-8-4-7-17(12-18)15(2)24/h3-8,11-12H,9-10,13H2,1-2H3,(H,22,25)(H,23,26). The molecule has 0 spiro atoms. The minimum Gasteiger partial charge on any atom is -0.351 e. The molecule has 0 aliphatic heterocycles. The highest BCUT2D eigenvalue weighted by Gasteiger charge is 2.56. The lowest BCUT2D eigenvalue weighted by molar-refractivity contribution is -0.134. The summed E-state index contributed by atoms with van der Waals surface area (Å²) in [6.07, 6.45) is 1.07. The van der Waals surface area contributed by atoms with Gasteiger partial charge in [0, 0.05) is 17.8 Å². The van der Waals surface area contributed by atoms with Crippen LogP contribution in [0, 0.1) is 12.3 Å². The number of hydrogen-bond acceptors (Lipinski definition) is 3. The van der Waals surface area contributed by atoms with Crippen LogP contribution in [0.15, 0.2) is 48.5 Å². The number of anilines is 1. The van der Waals surface area contributed by atoms with Crippen LogP contribution in [-0.4, -0.2) is 17.6 Å². The topological polar surface area (TPSA) is 75.3 Å². The molecule has 1 saturated carbocycles. The van der Waals surface area contributed by atoms with Crippen LogP contribution in [0.4, 0.5) is 5.69 Å². The Morgan fingerprint density at radius 2 is 1.73 bits per heavy atom. The van der Waals surface area contributed by atoms with E-state index in [1.807, 2.05) is 31.2 Å². The second-order valence-electron chi connectivity index (χ2n) is 6.84. The van der Waals surface area contributed by atoms with E-state index in [1.165, 1.54) is 6.92 Å². The van der Waals surface area contributed by atoms with Crippen LogP contribution in [0.5, 0.6) is 0 Å². The lowest BCUT2D eigenvalue weighted by Gasteiger charge is -2.16. The van der Waals surface area contributed by atoms with Crippen molar-refractivity contribution in [1.82, 2.24) is 5.32 Å². The highest BCUT2D eigenvalue weighted by molar-refractivity contribution is 6.13. The maximum absolute atomic E-state index is 12.6. The fourth-order valence-corrected chi connectivity index (χ4v) is 2.92. The van der Waals surface area contributed by atoms with Crippen molar-refractivity contribution >= 4 is 23.3 Å². The van der Waals surface area contributed by atoms with Crippen molar-refractivity contribution in [2.45, 2.75) is 33.2 Å². The molecule has 1 aliphatic rings. The average molecular weight is 350 g/mol. The predicted octanol–water partition coefficient (Wildman–Crippen LogP) is 3.23. The summed E-state index contributed by atoms with van der Waals surface area (Å²) in [4.78, 5) is 36.7. The van der Waals surface area contributed by atoms with Crippen molar-refractivity contribution in [2.24, 2.45) is 5.41 Å². The second kappa shape index (κ2) is 7.12. The molecule has 5 nitrogen and oxygen atoms in total. The monoisotopic (exact) mass is 350 g/mol. The van der Waals surface area contributed by atoms with Crippen LogP contribution in [0.3, 0.4) is 0 Å². The van der Waals surface area contributed by atoms with Gasteiger partial charge in [-0.3, -0.25) is 14.4 Å². The molecule has 0 aromatic heterocycles. The zero-order valence-electron chi connectivity index (χ0n) is 15.0. The number of ketones is 1. The molecule has 5 heteroatoms. The summed E-state index contributed by atoms with van der Waals surface area (Å²) in [6, 6.07) is 14.6. The number of rotatable bonds is 6. The van der Waals surface area contributed by atoms with Gasteiger partial charge in [-0.15, -0.1) is 0 Å². The molecule has 2 aromatic rings. The maximum atomic E-state index is 12.6. The number of amides is 2. The Morgan fingerprint density at radius 3 is 2.38 bits per heavy atom. The quantitative estimate of drug-likeness (QED) is 0.620. The van der Waals surface area contributed by atoms with Gasteiger partial charge in [-0.25, -0.2) is 0 Å². The zero-order valence-corrected chi connectivity index (χ0v) is 15.0. The Labute approximate surface area is 152 Å². The first-order valence-electron chi connectivity index (χ1n) is 8.67. The Balaban J connectivity index is 1.64. The normalized spacial score (nSPS) is 14.4. The van der Waals surface area contributed by atoms with E-state index in [4.69, 9.17) is 0 Å². The first-order valence-corrected chi connectivity index (χ1v) is 8.67. The molecule has 1 fully saturated rings. The first kappa shape index (κ1) is 17.9. The number of benzene rings is 2. The van der Waals surface area contributed by atoms with E-state index in [0.29, 0.717) is 30.6 Å². The van der Waals surface area contributed by atoms with Crippen molar-refractivity contribution < 1.29 is 14.4 Å². The molecule has 26 heavy (non-hydrogen) atoms. The Morgan fingerprint density at radius 1 is 1.00 bits per heavy atom. The van der Waals surface area contributed by atoms with Gasteiger partial charge in [0.15, 0.2) is 5.78 Å². The van der Waals surface area contributed by atoms with Crippen LogP contribution >= 0.6 is 0 Å². The van der Waals surface area contributed by atoms with E-state index in [0.717, 1.165) is 11.1 Å². The van der Waals surface area contributed by atoms with E-state index in [-0.39, 0.29) is 17.6 Å². The third kappa shape index (κ3) is 3.82. The van der Waals surface area contributed by atoms with Crippen molar-refractivity contribution in [3.63, 3.8) is 0 Å². The molecule has 0 heterocycles. The number of aryl methyl sites for hydroxylation is 1. The van der Waals surface area contributed by atoms with Gasteiger partial charge in [0.05, 0.1) is 0 Å². The van der Waals surface area contributed by atoms with Gasteiger partial charge >= 0.3 is 0 Å². The van der Waals surface area contributed by atoms with Gasteiger partial charge < -0.3 is 10.6 Å². The summed E-state index contributed by atoms with van der Waals surface area (Å²) in [5.74, 6) is -0.641. The van der Waals surface area contributed by atoms with E-state index >= 15 is 0 Å². The average Bonchev–Trinajstić information content (AvgIpc) is 3.42. The molecule has 2 N–H and O–H groups in total. The van der Waals surface area contributed by atoms with Gasteiger partial charge in [-0.2, -0.15) is 0 Å². The van der Waals surface area contributed by atoms with Crippen LogP contribution in [0.2, 0.25) is 0 Å². The number of carbonyl (C=O) groups is 3. The lowest BCUT2D eigenvalue weighted by atomic mass is 10.0. The van der Waals surface area contributed by atoms with Crippen LogP contribution in [0.25, 0.3) is 0 Å². The summed E-state index contributed by atoms with van der Waals surface area (Å²) < 4.78 is 0. The number of Topliss-reactive ketones (excluding diaryl/α,β-unsaturated/α-hetero) is 1. The smallest absolute Gasteiger partial charge is 0.240 e. The molecule has 0 unspecified atom stereocenters. The summed E-state index contributed by atoms with van der Waals surface area (Å²) >= 11 is 0. The SMILES string of the molecule is CC(=O)c1cccc(NC(=O)C2(C(=O)NCc3cccc(C)c3)CC2)c1. The molecule has 3 rings (SSSR count). The zero-order chi connectivity index (χ0) is 18.7. The Hall–Kier alpha value is -2.95. The molecule has 0 atom stereocenters. The second-order valence-corrected chi connectivity index (χ2v) is 6.84. The van der Waals surface area contributed by atoms with E-state index < -0.39 is 5.41 Å². The minimum absolute atomic E-state index is 0.0712. The van der Waals surface area contributed by atoms with Crippen molar-refractivity contribution in [3.05, 3.63) is 65.2 Å². The minimum atomic E-state index is -1.00. The summed E-state index contributed by atoms with van der Waals surface area (Å²) in [5, 5.41) is 5.65. The molecule has 2 aromatic carbocycles. The predicted molar refractivity (Wildman–Crippen MR) is 99.8 cm³/mol. The molecule has 134 valence electrons. The number of hydrogen-bond donors (Lipinski definition) is 2. The van der Waals surface area contributed by atoms with Crippen molar-refractivity contribution in [2.75, 3.05) is 5.32 Å². The molecule has 0 bridgehead atoms. The van der Waals surface area contributed by atoms with E-state index in [9.17, 15) is 14.4 Å². The van der Waals surface area contributed by atoms with Crippen LogP contribution in [0.1, 0.15) is 41.3 Å². The fourth-order valence-electron chi connectivity index (χ4n) is 2.92. The van der Waals surface area contributed by atoms with Gasteiger partial charge in [-0.1, -0.05) is 42.0 Å². The third-order valence-electron chi connectivity index (χ3n) is 4.68. The Kier molecular flexibility index (Phi) is 4.89.